The summed E-state index contributed by atoms with van der Waals surface area (Å²) in [5.74, 6) is 0.932. The van der Waals surface area contributed by atoms with E-state index in [1.807, 2.05) is 42.8 Å². The Bertz CT molecular complexity index is 653. The molecule has 21 heavy (non-hydrogen) atoms. The van der Waals surface area contributed by atoms with Crippen LogP contribution in [0.2, 0.25) is 0 Å². The Kier molecular flexibility index (Phi) is 5.02. The van der Waals surface area contributed by atoms with Crippen molar-refractivity contribution >= 4 is 0 Å². The van der Waals surface area contributed by atoms with E-state index >= 15 is 0 Å². The van der Waals surface area contributed by atoms with E-state index in [-0.39, 0.29) is 0 Å². The minimum atomic E-state index is 0.703. The lowest BCUT2D eigenvalue weighted by Gasteiger charge is -2.09. The molecule has 4 heteroatoms. The predicted molar refractivity (Wildman–Crippen MR) is 83.3 cm³/mol. The summed E-state index contributed by atoms with van der Waals surface area (Å²) in [6.07, 6.45) is 0.918. The van der Waals surface area contributed by atoms with E-state index in [2.05, 4.69) is 17.5 Å². The van der Waals surface area contributed by atoms with Gasteiger partial charge in [-0.05, 0) is 43.1 Å². The fraction of sp³-hybridized carbons (Fsp3) is 0.353. The van der Waals surface area contributed by atoms with Gasteiger partial charge in [0.05, 0.1) is 7.11 Å². The van der Waals surface area contributed by atoms with Gasteiger partial charge in [0.25, 0.3) is 0 Å². The van der Waals surface area contributed by atoms with Crippen LogP contribution in [0.4, 0.5) is 0 Å². The van der Waals surface area contributed by atoms with Gasteiger partial charge in [-0.1, -0.05) is 18.2 Å². The first-order valence-corrected chi connectivity index (χ1v) is 7.05. The molecule has 1 aromatic heterocycles. The highest BCUT2D eigenvalue weighted by Gasteiger charge is 2.08. The summed E-state index contributed by atoms with van der Waals surface area (Å²) in [7, 11) is 3.62. The van der Waals surface area contributed by atoms with Crippen LogP contribution in [-0.2, 0) is 20.0 Å². The van der Waals surface area contributed by atoms with E-state index in [0.717, 1.165) is 31.0 Å². The number of hydrogen-bond acceptors (Lipinski definition) is 3. The van der Waals surface area contributed by atoms with Crippen molar-refractivity contribution in [2.45, 2.75) is 19.9 Å². The van der Waals surface area contributed by atoms with E-state index < -0.39 is 0 Å². The molecule has 2 rings (SSSR count). The summed E-state index contributed by atoms with van der Waals surface area (Å²) in [5.41, 5.74) is 4.22. The predicted octanol–water partition coefficient (Wildman–Crippen LogP) is 2.55. The molecule has 0 fully saturated rings. The van der Waals surface area contributed by atoms with Crippen molar-refractivity contribution in [2.75, 3.05) is 13.7 Å². The van der Waals surface area contributed by atoms with Crippen LogP contribution in [0.15, 0.2) is 30.3 Å². The van der Waals surface area contributed by atoms with E-state index in [9.17, 15) is 0 Å². The molecule has 0 saturated heterocycles. The van der Waals surface area contributed by atoms with Crippen LogP contribution in [0.25, 0.3) is 0 Å². The number of nitriles is 1. The molecule has 4 nitrogen and oxygen atoms in total. The Morgan fingerprint density at radius 3 is 2.71 bits per heavy atom. The van der Waals surface area contributed by atoms with Crippen LogP contribution in [-0.4, -0.2) is 18.2 Å². The van der Waals surface area contributed by atoms with E-state index in [1.165, 1.54) is 11.1 Å². The fourth-order valence-electron chi connectivity index (χ4n) is 2.40. The number of methoxy groups -OCH3 is 1. The number of hydrogen-bond donors (Lipinski definition) is 1. The zero-order valence-electron chi connectivity index (χ0n) is 12.8. The molecule has 0 saturated carbocycles. The number of nitrogens with one attached hydrogen (secondary N) is 1. The maximum absolute atomic E-state index is 9.03. The highest BCUT2D eigenvalue weighted by molar-refractivity contribution is 5.34. The number of para-hydroxylation sites is 1. The minimum Gasteiger partial charge on any atom is -0.496 e. The molecule has 1 aromatic carbocycles. The second-order valence-electron chi connectivity index (χ2n) is 5.05. The maximum Gasteiger partial charge on any atom is 0.122 e. The first kappa shape index (κ1) is 15.1. The number of nitrogens with zero attached hydrogens (tertiary/aromatic N) is 2. The second kappa shape index (κ2) is 6.96. The van der Waals surface area contributed by atoms with Crippen molar-refractivity contribution in [2.24, 2.45) is 7.05 Å². The van der Waals surface area contributed by atoms with Crippen LogP contribution >= 0.6 is 0 Å². The molecule has 1 heterocycles. The van der Waals surface area contributed by atoms with Gasteiger partial charge in [0.2, 0.25) is 0 Å². The summed E-state index contributed by atoms with van der Waals surface area (Å²) in [6.45, 7) is 3.69. The molecule has 110 valence electrons. The molecular weight excluding hydrogens is 262 g/mol. The molecule has 2 aromatic rings. The van der Waals surface area contributed by atoms with Gasteiger partial charge in [-0.25, -0.2) is 0 Å². The van der Waals surface area contributed by atoms with Crippen LogP contribution < -0.4 is 10.1 Å². The highest BCUT2D eigenvalue weighted by atomic mass is 16.5. The van der Waals surface area contributed by atoms with Gasteiger partial charge in [-0.3, -0.25) is 0 Å². The summed E-state index contributed by atoms with van der Waals surface area (Å²) in [5, 5.41) is 12.5. The van der Waals surface area contributed by atoms with Crippen molar-refractivity contribution in [3.63, 3.8) is 0 Å². The van der Waals surface area contributed by atoms with E-state index in [0.29, 0.717) is 5.69 Å². The minimum absolute atomic E-state index is 0.703. The SMILES string of the molecule is COc1ccccc1CCNCc1cc(C#N)n(C)c1C. The normalized spacial score (nSPS) is 10.4. The molecule has 0 unspecified atom stereocenters. The fourth-order valence-corrected chi connectivity index (χ4v) is 2.40. The Balaban J connectivity index is 1.89. The second-order valence-corrected chi connectivity index (χ2v) is 5.05. The average molecular weight is 283 g/mol. The van der Waals surface area contributed by atoms with Gasteiger partial charge in [-0.2, -0.15) is 5.26 Å². The maximum atomic E-state index is 9.03. The van der Waals surface area contributed by atoms with Gasteiger partial charge in [0.1, 0.15) is 17.5 Å². The highest BCUT2D eigenvalue weighted by Crippen LogP contribution is 2.17. The monoisotopic (exact) mass is 283 g/mol. The smallest absolute Gasteiger partial charge is 0.122 e. The van der Waals surface area contributed by atoms with Crippen molar-refractivity contribution in [1.82, 2.24) is 9.88 Å². The summed E-state index contributed by atoms with van der Waals surface area (Å²) >= 11 is 0. The Morgan fingerprint density at radius 2 is 2.05 bits per heavy atom. The molecule has 0 amide bonds. The number of ether oxygens (including phenoxy) is 1. The molecule has 0 radical (unpaired) electrons. The summed E-state index contributed by atoms with van der Waals surface area (Å²) < 4.78 is 7.27. The lowest BCUT2D eigenvalue weighted by molar-refractivity contribution is 0.409. The standard InChI is InChI=1S/C17H21N3O/c1-13-15(10-16(11-18)20(13)2)12-19-9-8-14-6-4-5-7-17(14)21-3/h4-7,10,19H,8-9,12H2,1-3H3. The third-order valence-corrected chi connectivity index (χ3v) is 3.83. The van der Waals surface area contributed by atoms with E-state index in [4.69, 9.17) is 10.00 Å². The van der Waals surface area contributed by atoms with Crippen molar-refractivity contribution in [1.29, 1.82) is 5.26 Å². The summed E-state index contributed by atoms with van der Waals surface area (Å²) in [6, 6.07) is 12.2. The first-order valence-electron chi connectivity index (χ1n) is 7.05. The van der Waals surface area contributed by atoms with Crippen LogP contribution in [0.3, 0.4) is 0 Å². The number of aromatic nitrogens is 1. The topological polar surface area (TPSA) is 50.0 Å². The van der Waals surface area contributed by atoms with Gasteiger partial charge in [0.15, 0.2) is 0 Å². The average Bonchev–Trinajstić information content (AvgIpc) is 2.79. The third kappa shape index (κ3) is 3.45. The molecule has 0 aliphatic heterocycles. The van der Waals surface area contributed by atoms with Crippen LogP contribution in [0.5, 0.6) is 5.75 Å². The van der Waals surface area contributed by atoms with Crippen LogP contribution in [0.1, 0.15) is 22.5 Å². The molecule has 0 aliphatic rings. The molecule has 0 aliphatic carbocycles. The molecular formula is C17H21N3O. The molecule has 0 atom stereocenters. The van der Waals surface area contributed by atoms with E-state index in [1.54, 1.807) is 7.11 Å². The quantitative estimate of drug-likeness (QED) is 0.829. The third-order valence-electron chi connectivity index (χ3n) is 3.83. The Morgan fingerprint density at radius 1 is 1.29 bits per heavy atom. The van der Waals surface area contributed by atoms with Crippen LogP contribution in [0, 0.1) is 18.3 Å². The van der Waals surface area contributed by atoms with Crippen molar-refractivity contribution in [3.8, 4) is 11.8 Å². The first-order chi connectivity index (χ1) is 10.2. The largest absolute Gasteiger partial charge is 0.496 e. The number of rotatable bonds is 6. The molecule has 1 N–H and O–H groups in total. The lowest BCUT2D eigenvalue weighted by Crippen LogP contribution is -2.17. The molecule has 0 bridgehead atoms. The van der Waals surface area contributed by atoms with Gasteiger partial charge in [-0.15, -0.1) is 0 Å². The number of benzene rings is 1. The lowest BCUT2D eigenvalue weighted by atomic mass is 10.1. The zero-order chi connectivity index (χ0) is 15.2. The zero-order valence-corrected chi connectivity index (χ0v) is 12.8. The Labute approximate surface area is 126 Å². The van der Waals surface area contributed by atoms with Gasteiger partial charge >= 0.3 is 0 Å². The summed E-state index contributed by atoms with van der Waals surface area (Å²) in [4.78, 5) is 0. The Hall–Kier alpha value is -2.25. The van der Waals surface area contributed by atoms with Crippen molar-refractivity contribution < 1.29 is 4.74 Å². The van der Waals surface area contributed by atoms with Gasteiger partial charge < -0.3 is 14.6 Å². The van der Waals surface area contributed by atoms with Crippen molar-refractivity contribution in [3.05, 3.63) is 52.8 Å². The van der Waals surface area contributed by atoms with Gasteiger partial charge in [0, 0.05) is 19.3 Å². The molecule has 0 spiro atoms.